The van der Waals surface area contributed by atoms with Gasteiger partial charge in [-0.15, -0.1) is 11.3 Å². The molecule has 3 rings (SSSR count). The molecule has 0 saturated heterocycles. The summed E-state index contributed by atoms with van der Waals surface area (Å²) in [6, 6.07) is 5.93. The maximum atomic E-state index is 13.7. The third kappa shape index (κ3) is 3.16. The van der Waals surface area contributed by atoms with Crippen molar-refractivity contribution in [3.05, 3.63) is 69.5 Å². The van der Waals surface area contributed by atoms with Crippen molar-refractivity contribution in [2.75, 3.05) is 5.32 Å². The van der Waals surface area contributed by atoms with E-state index in [0.717, 1.165) is 29.5 Å². The molecule has 0 unspecified atom stereocenters. The molecule has 23 heavy (non-hydrogen) atoms. The first-order valence-corrected chi connectivity index (χ1v) is 7.32. The van der Waals surface area contributed by atoms with Crippen LogP contribution in [-0.4, -0.2) is 15.9 Å². The molecule has 0 saturated carbocycles. The van der Waals surface area contributed by atoms with Crippen molar-refractivity contribution < 1.29 is 13.6 Å². The number of halogens is 2. The molecule has 2 N–H and O–H groups in total. The average molecular weight is 333 g/mol. The van der Waals surface area contributed by atoms with Gasteiger partial charge in [0.15, 0.2) is 5.13 Å². The summed E-state index contributed by atoms with van der Waals surface area (Å²) >= 11 is 1.04. The van der Waals surface area contributed by atoms with Crippen molar-refractivity contribution in [2.45, 2.75) is 0 Å². The van der Waals surface area contributed by atoms with Crippen LogP contribution in [0.25, 0.3) is 11.3 Å². The van der Waals surface area contributed by atoms with E-state index in [1.807, 2.05) is 0 Å². The second kappa shape index (κ2) is 6.09. The lowest BCUT2D eigenvalue weighted by molar-refractivity contribution is 0.102. The van der Waals surface area contributed by atoms with Gasteiger partial charge in [0, 0.05) is 17.1 Å². The van der Waals surface area contributed by atoms with E-state index in [4.69, 9.17) is 0 Å². The summed E-state index contributed by atoms with van der Waals surface area (Å²) in [5.41, 5.74) is -0.400. The van der Waals surface area contributed by atoms with Crippen molar-refractivity contribution in [1.29, 1.82) is 0 Å². The van der Waals surface area contributed by atoms with Crippen LogP contribution in [0.15, 0.2) is 46.7 Å². The van der Waals surface area contributed by atoms with Gasteiger partial charge in [0.1, 0.15) is 17.2 Å². The minimum absolute atomic E-state index is 0.000641. The predicted octanol–water partition coefficient (Wildman–Crippen LogP) is 3.03. The van der Waals surface area contributed by atoms with Gasteiger partial charge in [-0.25, -0.2) is 13.8 Å². The van der Waals surface area contributed by atoms with Gasteiger partial charge in [0.05, 0.1) is 5.69 Å². The quantitative estimate of drug-likeness (QED) is 0.774. The lowest BCUT2D eigenvalue weighted by Crippen LogP contribution is -2.22. The van der Waals surface area contributed by atoms with Gasteiger partial charge in [-0.1, -0.05) is 0 Å². The number of hydrogen-bond donors (Lipinski definition) is 2. The van der Waals surface area contributed by atoms with E-state index in [1.165, 1.54) is 23.7 Å². The fraction of sp³-hybridized carbons (Fsp3) is 0. The van der Waals surface area contributed by atoms with E-state index in [2.05, 4.69) is 15.3 Å². The third-order valence-corrected chi connectivity index (χ3v) is 3.75. The van der Waals surface area contributed by atoms with Gasteiger partial charge in [0.2, 0.25) is 0 Å². The smallest absolute Gasteiger partial charge is 0.263 e. The average Bonchev–Trinajstić information content (AvgIpc) is 2.98. The first kappa shape index (κ1) is 15.0. The molecule has 0 bridgehead atoms. The predicted molar refractivity (Wildman–Crippen MR) is 82.5 cm³/mol. The van der Waals surface area contributed by atoms with E-state index >= 15 is 0 Å². The standard InChI is InChI=1S/C15H9F2N3O2S/c16-8-3-4-11(17)10(6-8)12-7-23-15(19-12)20-14(22)9-2-1-5-18-13(9)21/h1-7H,(H,18,21)(H,19,20,22). The lowest BCUT2D eigenvalue weighted by atomic mass is 10.1. The molecule has 2 aromatic heterocycles. The molecule has 8 heteroatoms. The number of thiazole rings is 1. The number of carbonyl (C=O) groups is 1. The molecule has 0 atom stereocenters. The van der Waals surface area contributed by atoms with Gasteiger partial charge in [0.25, 0.3) is 11.5 Å². The van der Waals surface area contributed by atoms with E-state index in [0.29, 0.717) is 0 Å². The van der Waals surface area contributed by atoms with Crippen molar-refractivity contribution >= 4 is 22.4 Å². The minimum atomic E-state index is -0.632. The SMILES string of the molecule is O=C(Nc1nc(-c2cc(F)ccc2F)cs1)c1ccc[nH]c1=O. The molecule has 0 aliphatic rings. The van der Waals surface area contributed by atoms with Gasteiger partial charge in [-0.3, -0.25) is 14.9 Å². The van der Waals surface area contributed by atoms with Crippen molar-refractivity contribution in [1.82, 2.24) is 9.97 Å². The topological polar surface area (TPSA) is 74.8 Å². The summed E-state index contributed by atoms with van der Waals surface area (Å²) in [4.78, 5) is 30.0. The van der Waals surface area contributed by atoms with Crippen LogP contribution in [-0.2, 0) is 0 Å². The summed E-state index contributed by atoms with van der Waals surface area (Å²) in [7, 11) is 0. The molecule has 5 nitrogen and oxygen atoms in total. The molecular formula is C15H9F2N3O2S. The number of benzene rings is 1. The third-order valence-electron chi connectivity index (χ3n) is 2.99. The zero-order valence-electron chi connectivity index (χ0n) is 11.5. The van der Waals surface area contributed by atoms with Crippen LogP contribution in [0.1, 0.15) is 10.4 Å². The van der Waals surface area contributed by atoms with Gasteiger partial charge in [-0.05, 0) is 30.3 Å². The molecule has 1 aromatic carbocycles. The Morgan fingerprint density at radius 1 is 1.26 bits per heavy atom. The Labute approximate surface area is 132 Å². The van der Waals surface area contributed by atoms with Crippen molar-refractivity contribution in [2.24, 2.45) is 0 Å². The fourth-order valence-electron chi connectivity index (χ4n) is 1.91. The number of carbonyl (C=O) groups excluding carboxylic acids is 1. The van der Waals surface area contributed by atoms with Crippen LogP contribution < -0.4 is 10.9 Å². The van der Waals surface area contributed by atoms with Crippen LogP contribution in [0.5, 0.6) is 0 Å². The number of nitrogens with zero attached hydrogens (tertiary/aromatic N) is 1. The van der Waals surface area contributed by atoms with Gasteiger partial charge >= 0.3 is 0 Å². The molecule has 0 aliphatic heterocycles. The highest BCUT2D eigenvalue weighted by molar-refractivity contribution is 7.14. The van der Waals surface area contributed by atoms with Crippen LogP contribution in [0.4, 0.5) is 13.9 Å². The molecule has 2 heterocycles. The number of pyridine rings is 1. The highest BCUT2D eigenvalue weighted by atomic mass is 32.1. The van der Waals surface area contributed by atoms with E-state index < -0.39 is 23.1 Å². The number of rotatable bonds is 3. The number of nitrogens with one attached hydrogen (secondary N) is 2. The fourth-order valence-corrected chi connectivity index (χ4v) is 2.62. The molecular weight excluding hydrogens is 324 g/mol. The largest absolute Gasteiger partial charge is 0.328 e. The Kier molecular flexibility index (Phi) is 3.98. The summed E-state index contributed by atoms with van der Waals surface area (Å²) in [5.74, 6) is -1.84. The zero-order chi connectivity index (χ0) is 16.4. The molecule has 3 aromatic rings. The summed E-state index contributed by atoms with van der Waals surface area (Å²) < 4.78 is 26.9. The highest BCUT2D eigenvalue weighted by Crippen LogP contribution is 2.27. The van der Waals surface area contributed by atoms with E-state index in [-0.39, 0.29) is 22.0 Å². The first-order chi connectivity index (χ1) is 11.0. The molecule has 0 fully saturated rings. The lowest BCUT2D eigenvalue weighted by Gasteiger charge is -2.01. The van der Waals surface area contributed by atoms with E-state index in [9.17, 15) is 18.4 Å². The number of H-pyrrole nitrogens is 1. The number of anilines is 1. The summed E-state index contributed by atoms with van der Waals surface area (Å²) in [6.07, 6.45) is 1.41. The van der Waals surface area contributed by atoms with Gasteiger partial charge in [-0.2, -0.15) is 0 Å². The number of hydrogen-bond acceptors (Lipinski definition) is 4. The molecule has 0 spiro atoms. The van der Waals surface area contributed by atoms with Crippen LogP contribution >= 0.6 is 11.3 Å². The molecule has 0 radical (unpaired) electrons. The Morgan fingerprint density at radius 3 is 2.87 bits per heavy atom. The van der Waals surface area contributed by atoms with Crippen LogP contribution in [0.2, 0.25) is 0 Å². The Morgan fingerprint density at radius 2 is 2.09 bits per heavy atom. The van der Waals surface area contributed by atoms with Crippen molar-refractivity contribution in [3.8, 4) is 11.3 Å². The highest BCUT2D eigenvalue weighted by Gasteiger charge is 2.14. The number of amides is 1. The molecule has 116 valence electrons. The Hall–Kier alpha value is -2.87. The summed E-state index contributed by atoms with van der Waals surface area (Å²) in [6.45, 7) is 0. The maximum Gasteiger partial charge on any atom is 0.263 e. The zero-order valence-corrected chi connectivity index (χ0v) is 12.3. The monoisotopic (exact) mass is 333 g/mol. The minimum Gasteiger partial charge on any atom is -0.328 e. The van der Waals surface area contributed by atoms with E-state index in [1.54, 1.807) is 0 Å². The van der Waals surface area contributed by atoms with Gasteiger partial charge < -0.3 is 4.98 Å². The first-order valence-electron chi connectivity index (χ1n) is 6.44. The second-order valence-corrected chi connectivity index (χ2v) is 5.39. The number of aromatic nitrogens is 2. The molecule has 0 aliphatic carbocycles. The number of aromatic amines is 1. The summed E-state index contributed by atoms with van der Waals surface area (Å²) in [5, 5.41) is 4.12. The molecule has 1 amide bonds. The second-order valence-electron chi connectivity index (χ2n) is 4.53. The Balaban J connectivity index is 1.85. The maximum absolute atomic E-state index is 13.7. The Bertz CT molecular complexity index is 936. The van der Waals surface area contributed by atoms with Crippen LogP contribution in [0.3, 0.4) is 0 Å². The normalized spacial score (nSPS) is 10.5. The van der Waals surface area contributed by atoms with Crippen LogP contribution in [0, 0.1) is 11.6 Å². The van der Waals surface area contributed by atoms with Crippen molar-refractivity contribution in [3.63, 3.8) is 0 Å².